The standard InChI is InChI=1S/C19H23NOS/c1-5-20(17-12-8-6-10-15(17)4)19(21)16-11-7-9-13-18(16)22-14(2)3/h6-14H,5H2,1-4H3. The van der Waals surface area contributed by atoms with E-state index in [1.54, 1.807) is 11.8 Å². The highest BCUT2D eigenvalue weighted by molar-refractivity contribution is 8.00. The number of nitrogens with zero attached hydrogens (tertiary/aromatic N) is 1. The summed E-state index contributed by atoms with van der Waals surface area (Å²) >= 11 is 1.73. The molecule has 1 amide bonds. The van der Waals surface area contributed by atoms with Crippen molar-refractivity contribution in [1.82, 2.24) is 0 Å². The molecule has 0 saturated carbocycles. The van der Waals surface area contributed by atoms with Crippen molar-refractivity contribution < 1.29 is 4.79 Å². The SMILES string of the molecule is CCN(C(=O)c1ccccc1SC(C)C)c1ccccc1C. The highest BCUT2D eigenvalue weighted by Crippen LogP contribution is 2.29. The van der Waals surface area contributed by atoms with Gasteiger partial charge in [-0.25, -0.2) is 0 Å². The van der Waals surface area contributed by atoms with Crippen molar-refractivity contribution in [3.8, 4) is 0 Å². The lowest BCUT2D eigenvalue weighted by Gasteiger charge is -2.24. The summed E-state index contributed by atoms with van der Waals surface area (Å²) in [5, 5.41) is 0.447. The number of anilines is 1. The predicted molar refractivity (Wildman–Crippen MR) is 96.0 cm³/mol. The van der Waals surface area contributed by atoms with Crippen molar-refractivity contribution in [2.24, 2.45) is 0 Å². The molecule has 2 aromatic carbocycles. The molecule has 22 heavy (non-hydrogen) atoms. The number of amides is 1. The van der Waals surface area contributed by atoms with Gasteiger partial charge >= 0.3 is 0 Å². The topological polar surface area (TPSA) is 20.3 Å². The molecule has 2 aromatic rings. The second kappa shape index (κ2) is 7.50. The summed E-state index contributed by atoms with van der Waals surface area (Å²) in [4.78, 5) is 16.0. The number of carbonyl (C=O) groups excluding carboxylic acids is 1. The molecule has 0 atom stereocenters. The van der Waals surface area contributed by atoms with E-state index in [1.807, 2.05) is 67.3 Å². The van der Waals surface area contributed by atoms with Crippen molar-refractivity contribution in [3.05, 3.63) is 59.7 Å². The number of hydrogen-bond donors (Lipinski definition) is 0. The van der Waals surface area contributed by atoms with Crippen molar-refractivity contribution >= 4 is 23.4 Å². The molecular weight excluding hydrogens is 290 g/mol. The first kappa shape index (κ1) is 16.6. The maximum Gasteiger partial charge on any atom is 0.259 e. The molecule has 0 aliphatic carbocycles. The number of thioether (sulfide) groups is 1. The average molecular weight is 313 g/mol. The molecule has 0 aromatic heterocycles. The minimum absolute atomic E-state index is 0.0700. The van der Waals surface area contributed by atoms with Gasteiger partial charge in [-0.2, -0.15) is 0 Å². The molecule has 0 saturated heterocycles. The van der Waals surface area contributed by atoms with Crippen LogP contribution in [0.25, 0.3) is 0 Å². The fourth-order valence-electron chi connectivity index (χ4n) is 2.44. The summed E-state index contributed by atoms with van der Waals surface area (Å²) in [5.74, 6) is 0.0700. The lowest BCUT2D eigenvalue weighted by Crippen LogP contribution is -2.31. The zero-order valence-corrected chi connectivity index (χ0v) is 14.5. The minimum Gasteiger partial charge on any atom is -0.308 e. The van der Waals surface area contributed by atoms with E-state index in [-0.39, 0.29) is 5.91 Å². The van der Waals surface area contributed by atoms with Crippen LogP contribution < -0.4 is 4.90 Å². The van der Waals surface area contributed by atoms with Crippen LogP contribution in [-0.4, -0.2) is 17.7 Å². The van der Waals surface area contributed by atoms with E-state index < -0.39 is 0 Å². The van der Waals surface area contributed by atoms with Gasteiger partial charge in [-0.05, 0) is 37.6 Å². The van der Waals surface area contributed by atoms with E-state index in [2.05, 4.69) is 13.8 Å². The third-order valence-corrected chi connectivity index (χ3v) is 4.53. The molecule has 0 heterocycles. The number of benzene rings is 2. The highest BCUT2D eigenvalue weighted by Gasteiger charge is 2.20. The second-order valence-corrected chi connectivity index (χ2v) is 7.12. The predicted octanol–water partition coefficient (Wildman–Crippen LogP) is 5.16. The first-order chi connectivity index (χ1) is 10.5. The van der Waals surface area contributed by atoms with Crippen LogP contribution in [0.2, 0.25) is 0 Å². The van der Waals surface area contributed by atoms with E-state index >= 15 is 0 Å². The average Bonchev–Trinajstić information content (AvgIpc) is 2.49. The quantitative estimate of drug-likeness (QED) is 0.710. The van der Waals surface area contributed by atoms with Crippen LogP contribution in [0.5, 0.6) is 0 Å². The van der Waals surface area contributed by atoms with Gasteiger partial charge in [0.25, 0.3) is 5.91 Å². The van der Waals surface area contributed by atoms with Gasteiger partial charge in [0.1, 0.15) is 0 Å². The molecule has 0 radical (unpaired) electrons. The van der Waals surface area contributed by atoms with Crippen molar-refractivity contribution in [3.63, 3.8) is 0 Å². The van der Waals surface area contributed by atoms with Gasteiger partial charge < -0.3 is 4.90 Å². The highest BCUT2D eigenvalue weighted by atomic mass is 32.2. The van der Waals surface area contributed by atoms with Crippen LogP contribution in [0.3, 0.4) is 0 Å². The van der Waals surface area contributed by atoms with E-state index in [9.17, 15) is 4.79 Å². The Morgan fingerprint density at radius 3 is 2.36 bits per heavy atom. The molecule has 0 unspecified atom stereocenters. The smallest absolute Gasteiger partial charge is 0.259 e. The zero-order valence-electron chi connectivity index (χ0n) is 13.7. The van der Waals surface area contributed by atoms with Crippen LogP contribution >= 0.6 is 11.8 Å². The molecule has 116 valence electrons. The Morgan fingerprint density at radius 1 is 1.09 bits per heavy atom. The molecule has 2 nitrogen and oxygen atoms in total. The van der Waals surface area contributed by atoms with Gasteiger partial charge in [-0.3, -0.25) is 4.79 Å². The fraction of sp³-hybridized carbons (Fsp3) is 0.316. The third kappa shape index (κ3) is 3.72. The van der Waals surface area contributed by atoms with Crippen LogP contribution in [0.1, 0.15) is 36.7 Å². The maximum atomic E-state index is 13.0. The summed E-state index contributed by atoms with van der Waals surface area (Å²) in [5.41, 5.74) is 2.89. The van der Waals surface area contributed by atoms with E-state index in [0.29, 0.717) is 11.8 Å². The van der Waals surface area contributed by atoms with Gasteiger partial charge in [0.05, 0.1) is 5.56 Å². The third-order valence-electron chi connectivity index (χ3n) is 3.45. The number of para-hydroxylation sites is 1. The number of hydrogen-bond acceptors (Lipinski definition) is 2. The molecule has 0 spiro atoms. The van der Waals surface area contributed by atoms with Crippen molar-refractivity contribution in [2.45, 2.75) is 37.8 Å². The summed E-state index contributed by atoms with van der Waals surface area (Å²) in [6.45, 7) is 9.00. The molecule has 0 aliphatic heterocycles. The molecule has 2 rings (SSSR count). The molecule has 0 aliphatic rings. The normalized spacial score (nSPS) is 10.8. The minimum atomic E-state index is 0.0700. The Kier molecular flexibility index (Phi) is 5.67. The summed E-state index contributed by atoms with van der Waals surface area (Å²) in [6, 6.07) is 15.9. The number of carbonyl (C=O) groups is 1. The summed E-state index contributed by atoms with van der Waals surface area (Å²) in [6.07, 6.45) is 0. The van der Waals surface area contributed by atoms with Gasteiger partial charge in [-0.15, -0.1) is 11.8 Å². The van der Waals surface area contributed by atoms with Gasteiger partial charge in [-0.1, -0.05) is 44.2 Å². The Bertz CT molecular complexity index is 651. The Hall–Kier alpha value is -1.74. The van der Waals surface area contributed by atoms with E-state index in [4.69, 9.17) is 0 Å². The lowest BCUT2D eigenvalue weighted by atomic mass is 10.1. The molecule has 0 N–H and O–H groups in total. The van der Waals surface area contributed by atoms with E-state index in [0.717, 1.165) is 21.7 Å². The largest absolute Gasteiger partial charge is 0.308 e. The van der Waals surface area contributed by atoms with Gasteiger partial charge in [0.2, 0.25) is 0 Å². The first-order valence-corrected chi connectivity index (χ1v) is 8.55. The number of rotatable bonds is 5. The monoisotopic (exact) mass is 313 g/mol. The van der Waals surface area contributed by atoms with Crippen LogP contribution in [0, 0.1) is 6.92 Å². The number of aryl methyl sites for hydroxylation is 1. The van der Waals surface area contributed by atoms with Gasteiger partial charge in [0, 0.05) is 22.4 Å². The van der Waals surface area contributed by atoms with Gasteiger partial charge in [0.15, 0.2) is 0 Å². The van der Waals surface area contributed by atoms with Crippen LogP contribution in [0.4, 0.5) is 5.69 Å². The maximum absolute atomic E-state index is 13.0. The zero-order chi connectivity index (χ0) is 16.1. The molecular formula is C19H23NOS. The Morgan fingerprint density at radius 2 is 1.73 bits per heavy atom. The molecule has 0 bridgehead atoms. The van der Waals surface area contributed by atoms with Crippen LogP contribution in [0.15, 0.2) is 53.4 Å². The fourth-order valence-corrected chi connectivity index (χ4v) is 3.38. The van der Waals surface area contributed by atoms with Crippen molar-refractivity contribution in [1.29, 1.82) is 0 Å². The Balaban J connectivity index is 2.40. The first-order valence-electron chi connectivity index (χ1n) is 7.67. The summed E-state index contributed by atoms with van der Waals surface area (Å²) < 4.78 is 0. The van der Waals surface area contributed by atoms with Crippen molar-refractivity contribution in [2.75, 3.05) is 11.4 Å². The second-order valence-electron chi connectivity index (χ2n) is 5.50. The van der Waals surface area contributed by atoms with Crippen LogP contribution in [-0.2, 0) is 0 Å². The van der Waals surface area contributed by atoms with E-state index in [1.165, 1.54) is 0 Å². The lowest BCUT2D eigenvalue weighted by molar-refractivity contribution is 0.0985. The Labute approximate surface area is 137 Å². The summed E-state index contributed by atoms with van der Waals surface area (Å²) in [7, 11) is 0. The molecule has 3 heteroatoms. The molecule has 0 fully saturated rings.